The summed E-state index contributed by atoms with van der Waals surface area (Å²) in [4.78, 5) is 0. The van der Waals surface area contributed by atoms with Crippen LogP contribution in [0.3, 0.4) is 0 Å². The molecule has 0 N–H and O–H groups in total. The van der Waals surface area contributed by atoms with Crippen molar-refractivity contribution >= 4 is 19.7 Å². The molecular formula is C23H47F2GeHfN3. The zero-order valence-corrected chi connectivity index (χ0v) is 26.5. The second-order valence-corrected chi connectivity index (χ2v) is 9.19. The van der Waals surface area contributed by atoms with Crippen molar-refractivity contribution in [3.05, 3.63) is 40.2 Å². The summed E-state index contributed by atoms with van der Waals surface area (Å²) in [6.07, 6.45) is 7.17. The molecule has 0 amide bonds. The molecule has 0 radical (unpaired) electrons. The van der Waals surface area contributed by atoms with Gasteiger partial charge in [0.2, 0.25) is 0 Å². The van der Waals surface area contributed by atoms with Crippen LogP contribution in [0.4, 0.5) is 7.00 Å². The van der Waals surface area contributed by atoms with Crippen LogP contribution < -0.4 is 4.40 Å². The van der Waals surface area contributed by atoms with Crippen LogP contribution >= 0.6 is 0 Å². The van der Waals surface area contributed by atoms with Gasteiger partial charge in [-0.15, -0.1) is 39.3 Å². The van der Waals surface area contributed by atoms with Gasteiger partial charge in [0.25, 0.3) is 0 Å². The molecule has 0 unspecified atom stereocenters. The molecule has 0 fully saturated rings. The summed E-state index contributed by atoms with van der Waals surface area (Å²) in [5.41, 5.74) is 0. The summed E-state index contributed by atoms with van der Waals surface area (Å²) < 4.78 is 23.9. The van der Waals surface area contributed by atoms with Gasteiger partial charge >= 0.3 is 76.8 Å². The Balaban J connectivity index is -0.000000149. The first-order valence-electron chi connectivity index (χ1n) is 11.4. The zero-order chi connectivity index (χ0) is 22.6. The minimum Gasteiger partial charge on any atom is 4.00 e. The molecule has 0 aliphatic rings. The smallest absolute Gasteiger partial charge is 4.00 e. The van der Waals surface area contributed by atoms with E-state index in [0.29, 0.717) is 0 Å². The van der Waals surface area contributed by atoms with Gasteiger partial charge in [0.05, 0.1) is 0 Å². The van der Waals surface area contributed by atoms with Crippen LogP contribution in [0, 0.1) is 0 Å². The normalized spacial score (nSPS) is 9.37. The van der Waals surface area contributed by atoms with Crippen molar-refractivity contribution in [2.24, 2.45) is 0 Å². The summed E-state index contributed by atoms with van der Waals surface area (Å²) in [5, 5.41) is 12.6. The summed E-state index contributed by atoms with van der Waals surface area (Å²) in [6.45, 7) is 19.2. The molecule has 0 saturated carbocycles. The molecule has 30 heavy (non-hydrogen) atoms. The fourth-order valence-electron chi connectivity index (χ4n) is 1.82. The van der Waals surface area contributed by atoms with E-state index in [-0.39, 0.29) is 30.2 Å². The van der Waals surface area contributed by atoms with Crippen LogP contribution in [0.15, 0.2) is 24.3 Å². The van der Waals surface area contributed by atoms with Gasteiger partial charge in [0.15, 0.2) is 0 Å². The van der Waals surface area contributed by atoms with E-state index in [4.69, 9.17) is 0 Å². The molecule has 0 aromatic heterocycles. The quantitative estimate of drug-likeness (QED) is 0.122. The van der Waals surface area contributed by atoms with Gasteiger partial charge in [-0.1, -0.05) is 80.1 Å². The maximum absolute atomic E-state index is 11.8. The predicted octanol–water partition coefficient (Wildman–Crippen LogP) is 7.31. The molecule has 0 bridgehead atoms. The van der Waals surface area contributed by atoms with Crippen molar-refractivity contribution in [3.8, 4) is 0 Å². The molecule has 0 aliphatic heterocycles. The van der Waals surface area contributed by atoms with Crippen LogP contribution in [0.1, 0.15) is 80.1 Å². The van der Waals surface area contributed by atoms with E-state index in [0.717, 1.165) is 39.3 Å². The average molecular weight is 655 g/mol. The number of hydrogen-bond acceptors (Lipinski definition) is 0. The van der Waals surface area contributed by atoms with E-state index < -0.39 is 15.3 Å². The van der Waals surface area contributed by atoms with Crippen molar-refractivity contribution in [2.45, 2.75) is 80.1 Å². The third kappa shape index (κ3) is 39.0. The minimum absolute atomic E-state index is 0. The van der Waals surface area contributed by atoms with Crippen LogP contribution in [0.5, 0.6) is 0 Å². The van der Waals surface area contributed by atoms with Crippen LogP contribution in [0.25, 0.3) is 16.0 Å². The molecule has 3 nitrogen and oxygen atoms in total. The minimum atomic E-state index is -3.89. The fraction of sp³-hybridized carbons (Fsp3) is 0.783. The molecule has 1 rings (SSSR count). The number of halogens is 2. The second-order valence-electron chi connectivity index (χ2n) is 6.53. The zero-order valence-electron chi connectivity index (χ0n) is 20.5. The first-order chi connectivity index (χ1) is 14.0. The van der Waals surface area contributed by atoms with Crippen LogP contribution in [0.2, 0.25) is 0 Å². The Morgan fingerprint density at radius 3 is 0.933 bits per heavy atom. The monoisotopic (exact) mass is 657 g/mol. The van der Waals surface area contributed by atoms with Crippen LogP contribution in [-0.4, -0.2) is 54.5 Å². The Morgan fingerprint density at radius 2 is 0.800 bits per heavy atom. The van der Waals surface area contributed by atoms with Crippen molar-refractivity contribution in [3.63, 3.8) is 0 Å². The standard InChI is InChI=1S/3C6H14N.C5H5F2Ge.Hf/c3*1-3-5-7-6-4-2;6-8(7)5-3-1-2-4-5;/h3*3-6H2,1-2H3;1-4,8H;/q4*-1;+4. The Hall–Kier alpha value is 0.503. The Kier molecular flexibility index (Phi) is 46.4. The van der Waals surface area contributed by atoms with E-state index in [1.165, 1.54) is 50.7 Å². The number of nitrogens with zero attached hydrogens (tertiary/aromatic N) is 3. The summed E-state index contributed by atoms with van der Waals surface area (Å²) in [5.74, 6) is 0. The predicted molar refractivity (Wildman–Crippen MR) is 132 cm³/mol. The molecule has 176 valence electrons. The molecule has 1 aromatic rings. The fourth-order valence-corrected chi connectivity index (χ4v) is 2.90. The van der Waals surface area contributed by atoms with E-state index >= 15 is 0 Å². The van der Waals surface area contributed by atoms with E-state index in [1.807, 2.05) is 0 Å². The molecule has 0 spiro atoms. The topological polar surface area (TPSA) is 42.3 Å². The maximum atomic E-state index is 11.8. The Bertz CT molecular complexity index is 320. The molecule has 1 aromatic carbocycles. The van der Waals surface area contributed by atoms with Gasteiger partial charge in [-0.05, 0) is 0 Å². The molecule has 7 heteroatoms. The Morgan fingerprint density at radius 1 is 0.567 bits per heavy atom. The van der Waals surface area contributed by atoms with Crippen molar-refractivity contribution < 1.29 is 32.8 Å². The first kappa shape index (κ1) is 37.8. The van der Waals surface area contributed by atoms with Gasteiger partial charge in [-0.3, -0.25) is 0 Å². The molecule has 0 atom stereocenters. The van der Waals surface area contributed by atoms with Crippen molar-refractivity contribution in [1.29, 1.82) is 0 Å². The summed E-state index contributed by atoms with van der Waals surface area (Å²) >= 11 is -3.89. The van der Waals surface area contributed by atoms with E-state index in [9.17, 15) is 7.00 Å². The van der Waals surface area contributed by atoms with E-state index in [1.54, 1.807) is 12.1 Å². The molecule has 0 aliphatic carbocycles. The first-order valence-corrected chi connectivity index (χ1v) is 14.5. The van der Waals surface area contributed by atoms with Gasteiger partial charge in [0.1, 0.15) is 0 Å². The van der Waals surface area contributed by atoms with E-state index in [2.05, 4.69) is 57.5 Å². The molecule has 0 heterocycles. The van der Waals surface area contributed by atoms with Gasteiger partial charge in [-0.25, -0.2) is 0 Å². The number of hydrogen-bond donors (Lipinski definition) is 0. The van der Waals surface area contributed by atoms with Crippen LogP contribution in [-0.2, 0) is 25.8 Å². The van der Waals surface area contributed by atoms with Crippen molar-refractivity contribution in [2.75, 3.05) is 39.3 Å². The largest absolute Gasteiger partial charge is 4.00 e. The SMILES string of the molecule is CCC[N-]CCC.CCC[N-]CCC.CCC[N-]CCC.[F][GeH]([F])[c-]1cccc1.[Hf+4]. The summed E-state index contributed by atoms with van der Waals surface area (Å²) in [6, 6.07) is 6.27. The summed E-state index contributed by atoms with van der Waals surface area (Å²) in [7, 11) is 0. The maximum Gasteiger partial charge on any atom is 4.00 e. The van der Waals surface area contributed by atoms with Gasteiger partial charge < -0.3 is 16.0 Å². The molecule has 0 saturated heterocycles. The Labute approximate surface area is 211 Å². The van der Waals surface area contributed by atoms with Crippen molar-refractivity contribution in [1.82, 2.24) is 0 Å². The third-order valence-corrected chi connectivity index (χ3v) is 5.10. The number of rotatable bonds is 13. The average Bonchev–Trinajstić information content (AvgIpc) is 3.26. The molecular weight excluding hydrogens is 607 g/mol. The van der Waals surface area contributed by atoms with Gasteiger partial charge in [-0.2, -0.15) is 0 Å². The third-order valence-electron chi connectivity index (χ3n) is 3.23. The second kappa shape index (κ2) is 36.9. The van der Waals surface area contributed by atoms with Gasteiger partial charge in [0, 0.05) is 0 Å².